The molecule has 1 atom stereocenters. The molecule has 0 aliphatic rings. The zero-order valence-electron chi connectivity index (χ0n) is 11.0. The van der Waals surface area contributed by atoms with E-state index in [4.69, 9.17) is 0 Å². The molecule has 1 aromatic rings. The van der Waals surface area contributed by atoms with E-state index in [1.807, 2.05) is 39.1 Å². The number of hydrogen-bond acceptors (Lipinski definition) is 2. The van der Waals surface area contributed by atoms with Gasteiger partial charge in [0, 0.05) is 0 Å². The highest BCUT2D eigenvalue weighted by Crippen LogP contribution is 2.31. The maximum Gasteiger partial charge on any atom is 0.313 e. The molecule has 17 heavy (non-hydrogen) atoms. The summed E-state index contributed by atoms with van der Waals surface area (Å²) in [6, 6.07) is 5.99. The third-order valence-corrected chi connectivity index (χ3v) is 3.33. The van der Waals surface area contributed by atoms with Gasteiger partial charge < -0.3 is 10.4 Å². The molecular formula is C14H21NO2. The predicted molar refractivity (Wildman–Crippen MR) is 69.4 cm³/mol. The normalized spacial score (nSPS) is 14.4. The second kappa shape index (κ2) is 5.32. The van der Waals surface area contributed by atoms with Gasteiger partial charge in [-0.3, -0.25) is 4.79 Å². The summed E-state index contributed by atoms with van der Waals surface area (Å²) in [5.74, 6) is -0.763. The summed E-state index contributed by atoms with van der Waals surface area (Å²) in [6.45, 7) is 6.45. The molecule has 3 nitrogen and oxygen atoms in total. The second-order valence-corrected chi connectivity index (χ2v) is 4.81. The van der Waals surface area contributed by atoms with Crippen LogP contribution in [0.1, 0.15) is 30.0 Å². The highest BCUT2D eigenvalue weighted by atomic mass is 16.4. The van der Waals surface area contributed by atoms with Crippen molar-refractivity contribution >= 4 is 5.97 Å². The van der Waals surface area contributed by atoms with E-state index in [-0.39, 0.29) is 0 Å². The fraction of sp³-hybridized carbons (Fsp3) is 0.500. The van der Waals surface area contributed by atoms with Crippen LogP contribution >= 0.6 is 0 Å². The molecule has 94 valence electrons. The molecule has 0 aliphatic heterocycles. The van der Waals surface area contributed by atoms with Crippen molar-refractivity contribution in [2.75, 3.05) is 13.6 Å². The van der Waals surface area contributed by atoms with E-state index in [1.165, 1.54) is 0 Å². The maximum atomic E-state index is 11.6. The Hall–Kier alpha value is -1.35. The smallest absolute Gasteiger partial charge is 0.313 e. The molecular weight excluding hydrogens is 214 g/mol. The third-order valence-electron chi connectivity index (χ3n) is 3.33. The monoisotopic (exact) mass is 235 g/mol. The summed E-state index contributed by atoms with van der Waals surface area (Å²) in [5.41, 5.74) is 2.23. The van der Waals surface area contributed by atoms with Gasteiger partial charge in [-0.15, -0.1) is 0 Å². The average molecular weight is 235 g/mol. The van der Waals surface area contributed by atoms with Crippen molar-refractivity contribution in [3.8, 4) is 0 Å². The van der Waals surface area contributed by atoms with Gasteiger partial charge in [0.15, 0.2) is 0 Å². The summed E-state index contributed by atoms with van der Waals surface area (Å²) in [6.07, 6.45) is 0.586. The number of carboxylic acid groups (broad SMARTS) is 1. The number of aliphatic carboxylic acids is 1. The van der Waals surface area contributed by atoms with Gasteiger partial charge in [-0.25, -0.2) is 0 Å². The first kappa shape index (κ1) is 13.7. The van der Waals surface area contributed by atoms with Crippen LogP contribution < -0.4 is 5.32 Å². The van der Waals surface area contributed by atoms with E-state index in [0.29, 0.717) is 13.0 Å². The largest absolute Gasteiger partial charge is 0.481 e. The lowest BCUT2D eigenvalue weighted by Gasteiger charge is -2.27. The van der Waals surface area contributed by atoms with Crippen molar-refractivity contribution in [3.63, 3.8) is 0 Å². The molecule has 0 aliphatic carbocycles. The Morgan fingerprint density at radius 1 is 1.41 bits per heavy atom. The molecule has 3 heteroatoms. The number of hydrogen-bond donors (Lipinski definition) is 2. The summed E-state index contributed by atoms with van der Waals surface area (Å²) in [4.78, 5) is 11.6. The molecule has 0 heterocycles. The van der Waals surface area contributed by atoms with Gasteiger partial charge >= 0.3 is 5.97 Å². The number of aryl methyl sites for hydroxylation is 2. The highest BCUT2D eigenvalue weighted by molar-refractivity contribution is 5.81. The molecule has 0 saturated carbocycles. The van der Waals surface area contributed by atoms with Gasteiger partial charge in [0.05, 0.1) is 5.41 Å². The third kappa shape index (κ3) is 2.86. The van der Waals surface area contributed by atoms with E-state index in [2.05, 4.69) is 5.32 Å². The van der Waals surface area contributed by atoms with Crippen molar-refractivity contribution in [1.29, 1.82) is 0 Å². The van der Waals surface area contributed by atoms with Gasteiger partial charge in [-0.1, -0.05) is 23.8 Å². The minimum absolute atomic E-state index is 0.586. The quantitative estimate of drug-likeness (QED) is 0.823. The molecule has 0 bridgehead atoms. The van der Waals surface area contributed by atoms with Crippen LogP contribution in [0.3, 0.4) is 0 Å². The van der Waals surface area contributed by atoms with Crippen molar-refractivity contribution in [1.82, 2.24) is 5.32 Å². The fourth-order valence-electron chi connectivity index (χ4n) is 2.06. The number of rotatable bonds is 5. The van der Waals surface area contributed by atoms with E-state index < -0.39 is 11.4 Å². The Bertz CT molecular complexity index is 415. The summed E-state index contributed by atoms with van der Waals surface area (Å²) < 4.78 is 0. The number of benzene rings is 1. The van der Waals surface area contributed by atoms with Gasteiger partial charge in [0.25, 0.3) is 0 Å². The molecule has 1 aromatic carbocycles. The molecule has 1 rings (SSSR count). The van der Waals surface area contributed by atoms with E-state index >= 15 is 0 Å². The van der Waals surface area contributed by atoms with Crippen molar-refractivity contribution in [2.24, 2.45) is 0 Å². The van der Waals surface area contributed by atoms with Crippen LogP contribution in [0.4, 0.5) is 0 Å². The van der Waals surface area contributed by atoms with Crippen LogP contribution in [0.5, 0.6) is 0 Å². The minimum atomic E-state index is -0.820. The number of carboxylic acids is 1. The molecule has 0 radical (unpaired) electrons. The first-order chi connectivity index (χ1) is 7.91. The van der Waals surface area contributed by atoms with Crippen LogP contribution in [-0.2, 0) is 10.2 Å². The Morgan fingerprint density at radius 3 is 2.59 bits per heavy atom. The van der Waals surface area contributed by atoms with E-state index in [9.17, 15) is 9.90 Å². The zero-order chi connectivity index (χ0) is 13.1. The summed E-state index contributed by atoms with van der Waals surface area (Å²) in [5, 5.41) is 12.5. The SMILES string of the molecule is CNCCC(C)(C(=O)O)c1cc(C)ccc1C. The Kier molecular flexibility index (Phi) is 4.29. The summed E-state index contributed by atoms with van der Waals surface area (Å²) in [7, 11) is 1.84. The fourth-order valence-corrected chi connectivity index (χ4v) is 2.06. The van der Waals surface area contributed by atoms with E-state index in [1.54, 1.807) is 6.92 Å². The number of carbonyl (C=O) groups is 1. The molecule has 0 amide bonds. The standard InChI is InChI=1S/C14H21NO2/c1-10-5-6-11(2)12(9-10)14(3,13(16)17)7-8-15-4/h5-6,9,15H,7-8H2,1-4H3,(H,16,17). The highest BCUT2D eigenvalue weighted by Gasteiger charge is 2.35. The Labute approximate surface area is 103 Å². The zero-order valence-corrected chi connectivity index (χ0v) is 11.0. The first-order valence-corrected chi connectivity index (χ1v) is 5.87. The maximum absolute atomic E-state index is 11.6. The minimum Gasteiger partial charge on any atom is -0.481 e. The summed E-state index contributed by atoms with van der Waals surface area (Å²) >= 11 is 0. The molecule has 0 aromatic heterocycles. The first-order valence-electron chi connectivity index (χ1n) is 5.87. The van der Waals surface area contributed by atoms with Crippen molar-refractivity contribution in [2.45, 2.75) is 32.6 Å². The van der Waals surface area contributed by atoms with Crippen LogP contribution in [0.25, 0.3) is 0 Å². The Balaban J connectivity index is 3.21. The topological polar surface area (TPSA) is 49.3 Å². The van der Waals surface area contributed by atoms with Crippen molar-refractivity contribution in [3.05, 3.63) is 34.9 Å². The molecule has 0 fully saturated rings. The van der Waals surface area contributed by atoms with Gasteiger partial charge in [0.1, 0.15) is 0 Å². The Morgan fingerprint density at radius 2 is 2.06 bits per heavy atom. The van der Waals surface area contributed by atoms with Gasteiger partial charge in [-0.2, -0.15) is 0 Å². The molecule has 1 unspecified atom stereocenters. The van der Waals surface area contributed by atoms with Crippen LogP contribution in [0.2, 0.25) is 0 Å². The van der Waals surface area contributed by atoms with Crippen LogP contribution in [-0.4, -0.2) is 24.7 Å². The predicted octanol–water partition coefficient (Wildman–Crippen LogP) is 2.26. The lowest BCUT2D eigenvalue weighted by Crippen LogP contribution is -2.36. The molecule has 0 spiro atoms. The van der Waals surface area contributed by atoms with Crippen LogP contribution in [0, 0.1) is 13.8 Å². The van der Waals surface area contributed by atoms with Gasteiger partial charge in [-0.05, 0) is 51.9 Å². The van der Waals surface area contributed by atoms with Crippen molar-refractivity contribution < 1.29 is 9.90 Å². The average Bonchev–Trinajstić information content (AvgIpc) is 2.29. The lowest BCUT2D eigenvalue weighted by molar-refractivity contribution is -0.143. The van der Waals surface area contributed by atoms with Gasteiger partial charge in [0.2, 0.25) is 0 Å². The lowest BCUT2D eigenvalue weighted by atomic mass is 9.77. The van der Waals surface area contributed by atoms with Crippen LogP contribution in [0.15, 0.2) is 18.2 Å². The second-order valence-electron chi connectivity index (χ2n) is 4.81. The molecule has 0 saturated heterocycles. The van der Waals surface area contributed by atoms with E-state index in [0.717, 1.165) is 16.7 Å². The number of nitrogens with one attached hydrogen (secondary N) is 1. The molecule has 2 N–H and O–H groups in total.